The number of rotatable bonds is 2. The topological polar surface area (TPSA) is 52.3 Å². The number of fused-ring (bicyclic) bond motifs is 1. The Kier molecular flexibility index (Phi) is 2.48. The van der Waals surface area contributed by atoms with Crippen LogP contribution in [0.2, 0.25) is 5.15 Å². The Balaban J connectivity index is 2.71. The molecule has 15 heavy (non-hydrogen) atoms. The van der Waals surface area contributed by atoms with E-state index in [1.165, 1.54) is 4.52 Å². The van der Waals surface area contributed by atoms with E-state index in [9.17, 15) is 0 Å². The predicted octanol–water partition coefficient (Wildman–Crippen LogP) is 1.79. The third-order valence-corrected chi connectivity index (χ3v) is 2.64. The highest BCUT2D eigenvalue weighted by molar-refractivity contribution is 6.30. The average molecular weight is 227 g/mol. The van der Waals surface area contributed by atoms with E-state index in [2.05, 4.69) is 15.3 Å². The first-order chi connectivity index (χ1) is 7.15. The summed E-state index contributed by atoms with van der Waals surface area (Å²) in [7, 11) is 0. The van der Waals surface area contributed by atoms with Gasteiger partial charge in [-0.05, 0) is 26.3 Å². The summed E-state index contributed by atoms with van der Waals surface area (Å²) in [4.78, 5) is 0. The standard InChI is InChI=1S/C9H11ClN4O/c1-4-15-9-12-11-8-6(3)5(2)7(10)13-14(8)9/h4H2,1-3H3. The highest BCUT2D eigenvalue weighted by Gasteiger charge is 2.13. The van der Waals surface area contributed by atoms with E-state index >= 15 is 0 Å². The van der Waals surface area contributed by atoms with Crippen LogP contribution in [0.15, 0.2) is 0 Å². The van der Waals surface area contributed by atoms with Gasteiger partial charge in [-0.2, -0.15) is 4.52 Å². The van der Waals surface area contributed by atoms with Gasteiger partial charge in [0.1, 0.15) is 0 Å². The van der Waals surface area contributed by atoms with Crippen molar-refractivity contribution in [2.75, 3.05) is 6.61 Å². The molecule has 0 aliphatic rings. The van der Waals surface area contributed by atoms with Crippen molar-refractivity contribution in [2.24, 2.45) is 0 Å². The molecule has 0 fully saturated rings. The van der Waals surface area contributed by atoms with Crippen LogP contribution in [0.3, 0.4) is 0 Å². The number of hydrogen-bond acceptors (Lipinski definition) is 4. The van der Waals surface area contributed by atoms with E-state index in [-0.39, 0.29) is 0 Å². The maximum atomic E-state index is 5.98. The Bertz CT molecular complexity index is 508. The molecule has 0 radical (unpaired) electrons. The summed E-state index contributed by atoms with van der Waals surface area (Å²) in [5.74, 6) is 0. The van der Waals surface area contributed by atoms with Crippen LogP contribution in [0.25, 0.3) is 5.65 Å². The first-order valence-electron chi connectivity index (χ1n) is 4.66. The third kappa shape index (κ3) is 1.52. The minimum Gasteiger partial charge on any atom is -0.463 e. The zero-order valence-corrected chi connectivity index (χ0v) is 9.54. The maximum absolute atomic E-state index is 5.98. The fourth-order valence-corrected chi connectivity index (χ4v) is 1.51. The van der Waals surface area contributed by atoms with Crippen LogP contribution < -0.4 is 4.74 Å². The molecule has 0 bridgehead atoms. The lowest BCUT2D eigenvalue weighted by atomic mass is 10.2. The minimum atomic E-state index is 0.373. The molecule has 0 N–H and O–H groups in total. The number of aromatic nitrogens is 4. The van der Waals surface area contributed by atoms with Crippen molar-refractivity contribution < 1.29 is 4.74 Å². The SMILES string of the molecule is CCOc1nnc2c(C)c(C)c(Cl)nn12. The number of hydrogen-bond donors (Lipinski definition) is 0. The molecule has 5 nitrogen and oxygen atoms in total. The van der Waals surface area contributed by atoms with E-state index in [0.717, 1.165) is 11.1 Å². The molecule has 0 atom stereocenters. The second kappa shape index (κ2) is 3.66. The Labute approximate surface area is 92.0 Å². The second-order valence-corrected chi connectivity index (χ2v) is 3.55. The van der Waals surface area contributed by atoms with Crippen molar-refractivity contribution in [3.8, 4) is 6.01 Å². The van der Waals surface area contributed by atoms with Gasteiger partial charge in [0.15, 0.2) is 10.8 Å². The van der Waals surface area contributed by atoms with Crippen LogP contribution in [0.5, 0.6) is 6.01 Å². The summed E-state index contributed by atoms with van der Waals surface area (Å²) < 4.78 is 6.80. The fourth-order valence-electron chi connectivity index (χ4n) is 1.29. The monoisotopic (exact) mass is 226 g/mol. The lowest BCUT2D eigenvalue weighted by Gasteiger charge is -2.04. The molecule has 2 rings (SSSR count). The molecular weight excluding hydrogens is 216 g/mol. The van der Waals surface area contributed by atoms with Crippen LogP contribution in [-0.2, 0) is 0 Å². The Morgan fingerprint density at radius 3 is 2.67 bits per heavy atom. The zero-order chi connectivity index (χ0) is 11.0. The summed E-state index contributed by atoms with van der Waals surface area (Å²) in [6.45, 7) is 6.24. The summed E-state index contributed by atoms with van der Waals surface area (Å²) >= 11 is 5.98. The molecule has 2 aromatic heterocycles. The van der Waals surface area contributed by atoms with E-state index < -0.39 is 0 Å². The highest BCUT2D eigenvalue weighted by atomic mass is 35.5. The summed E-state index contributed by atoms with van der Waals surface area (Å²) in [5, 5.41) is 12.5. The van der Waals surface area contributed by atoms with Crippen LogP contribution in [0.4, 0.5) is 0 Å². The summed E-state index contributed by atoms with van der Waals surface area (Å²) in [5.41, 5.74) is 2.56. The Hall–Kier alpha value is -1.36. The first-order valence-corrected chi connectivity index (χ1v) is 5.03. The quantitative estimate of drug-likeness (QED) is 0.784. The van der Waals surface area contributed by atoms with Gasteiger partial charge in [0, 0.05) is 5.56 Å². The lowest BCUT2D eigenvalue weighted by Crippen LogP contribution is -2.02. The number of ether oxygens (including phenoxy) is 1. The van der Waals surface area contributed by atoms with Gasteiger partial charge >= 0.3 is 6.01 Å². The third-order valence-electron chi connectivity index (χ3n) is 2.28. The van der Waals surface area contributed by atoms with E-state index in [1.807, 2.05) is 20.8 Å². The molecular formula is C9H11ClN4O. The predicted molar refractivity (Wildman–Crippen MR) is 56.4 cm³/mol. The molecule has 2 aromatic rings. The Morgan fingerprint density at radius 2 is 2.00 bits per heavy atom. The molecule has 0 aliphatic carbocycles. The lowest BCUT2D eigenvalue weighted by molar-refractivity contribution is 0.304. The normalized spacial score (nSPS) is 10.9. The van der Waals surface area contributed by atoms with Crippen LogP contribution in [0.1, 0.15) is 18.1 Å². The number of aryl methyl sites for hydroxylation is 1. The van der Waals surface area contributed by atoms with Crippen molar-refractivity contribution in [3.05, 3.63) is 16.3 Å². The van der Waals surface area contributed by atoms with Gasteiger partial charge in [-0.1, -0.05) is 16.7 Å². The molecule has 0 spiro atoms. The molecule has 0 saturated carbocycles. The average Bonchev–Trinajstić information content (AvgIpc) is 2.59. The van der Waals surface area contributed by atoms with Crippen molar-refractivity contribution in [3.63, 3.8) is 0 Å². The first kappa shape index (κ1) is 10.2. The Morgan fingerprint density at radius 1 is 1.27 bits per heavy atom. The van der Waals surface area contributed by atoms with E-state index in [1.54, 1.807) is 0 Å². The number of nitrogens with zero attached hydrogens (tertiary/aromatic N) is 4. The zero-order valence-electron chi connectivity index (χ0n) is 8.78. The summed E-state index contributed by atoms with van der Waals surface area (Å²) in [6.07, 6.45) is 0. The van der Waals surface area contributed by atoms with Gasteiger partial charge < -0.3 is 4.74 Å². The molecule has 6 heteroatoms. The van der Waals surface area contributed by atoms with Crippen molar-refractivity contribution in [2.45, 2.75) is 20.8 Å². The molecule has 0 aromatic carbocycles. The molecule has 0 amide bonds. The van der Waals surface area contributed by atoms with Crippen LogP contribution in [0, 0.1) is 13.8 Å². The molecule has 2 heterocycles. The van der Waals surface area contributed by atoms with Gasteiger partial charge in [-0.25, -0.2) is 0 Å². The minimum absolute atomic E-state index is 0.373. The van der Waals surface area contributed by atoms with Crippen LogP contribution >= 0.6 is 11.6 Å². The highest BCUT2D eigenvalue weighted by Crippen LogP contribution is 2.21. The molecule has 0 unspecified atom stereocenters. The van der Waals surface area contributed by atoms with E-state index in [4.69, 9.17) is 16.3 Å². The fraction of sp³-hybridized carbons (Fsp3) is 0.444. The molecule has 80 valence electrons. The molecule has 0 saturated heterocycles. The van der Waals surface area contributed by atoms with Crippen LogP contribution in [-0.4, -0.2) is 26.4 Å². The van der Waals surface area contributed by atoms with Gasteiger partial charge in [-0.15, -0.1) is 10.2 Å². The van der Waals surface area contributed by atoms with Gasteiger partial charge in [0.05, 0.1) is 6.61 Å². The van der Waals surface area contributed by atoms with Crippen molar-refractivity contribution >= 4 is 17.2 Å². The molecule has 0 aliphatic heterocycles. The van der Waals surface area contributed by atoms with Crippen molar-refractivity contribution in [1.29, 1.82) is 0 Å². The second-order valence-electron chi connectivity index (χ2n) is 3.19. The van der Waals surface area contributed by atoms with E-state index in [0.29, 0.717) is 23.4 Å². The largest absolute Gasteiger partial charge is 0.463 e. The van der Waals surface area contributed by atoms with Gasteiger partial charge in [-0.3, -0.25) is 0 Å². The maximum Gasteiger partial charge on any atom is 0.338 e. The smallest absolute Gasteiger partial charge is 0.338 e. The summed E-state index contributed by atoms with van der Waals surface area (Å²) in [6, 6.07) is 0.373. The number of halogens is 1. The van der Waals surface area contributed by atoms with Crippen molar-refractivity contribution in [1.82, 2.24) is 19.8 Å². The van der Waals surface area contributed by atoms with Gasteiger partial charge in [0.2, 0.25) is 0 Å². The van der Waals surface area contributed by atoms with Gasteiger partial charge in [0.25, 0.3) is 0 Å².